The summed E-state index contributed by atoms with van der Waals surface area (Å²) in [5, 5.41) is 0. The van der Waals surface area contributed by atoms with E-state index in [4.69, 9.17) is 4.74 Å². The van der Waals surface area contributed by atoms with Crippen LogP contribution >= 0.6 is 0 Å². The van der Waals surface area contributed by atoms with E-state index in [-0.39, 0.29) is 11.9 Å². The van der Waals surface area contributed by atoms with Crippen molar-refractivity contribution in [3.63, 3.8) is 0 Å². The number of ether oxygens (including phenoxy) is 1. The van der Waals surface area contributed by atoms with Gasteiger partial charge >= 0.3 is 5.97 Å². The highest BCUT2D eigenvalue weighted by molar-refractivity contribution is 5.77. The zero-order chi connectivity index (χ0) is 12.5. The van der Waals surface area contributed by atoms with Crippen LogP contribution in [0.5, 0.6) is 0 Å². The van der Waals surface area contributed by atoms with E-state index in [0.29, 0.717) is 12.0 Å². The lowest BCUT2D eigenvalue weighted by molar-refractivity contribution is -0.144. The van der Waals surface area contributed by atoms with Crippen LogP contribution in [0.4, 0.5) is 0 Å². The Hall–Kier alpha value is -1.31. The third-order valence-corrected chi connectivity index (χ3v) is 3.75. The van der Waals surface area contributed by atoms with Crippen molar-refractivity contribution >= 4 is 5.97 Å². The van der Waals surface area contributed by atoms with Gasteiger partial charge in [0, 0.05) is 0 Å². The van der Waals surface area contributed by atoms with E-state index >= 15 is 0 Å². The number of esters is 1. The third kappa shape index (κ3) is 2.51. The van der Waals surface area contributed by atoms with Gasteiger partial charge in [-0.15, -0.1) is 0 Å². The van der Waals surface area contributed by atoms with Crippen LogP contribution in [-0.2, 0) is 14.9 Å². The van der Waals surface area contributed by atoms with Crippen LogP contribution in [0.3, 0.4) is 0 Å². The van der Waals surface area contributed by atoms with Gasteiger partial charge in [-0.25, -0.2) is 0 Å². The van der Waals surface area contributed by atoms with Gasteiger partial charge in [0.2, 0.25) is 0 Å². The number of rotatable bonds is 4. The van der Waals surface area contributed by atoms with Crippen molar-refractivity contribution in [2.75, 3.05) is 6.61 Å². The summed E-state index contributed by atoms with van der Waals surface area (Å²) in [6.07, 6.45) is 2.56. The first-order valence-electron chi connectivity index (χ1n) is 6.34. The molecule has 0 amide bonds. The number of carbonyl (C=O) groups is 1. The maximum Gasteiger partial charge on any atom is 0.313 e. The van der Waals surface area contributed by atoms with Crippen LogP contribution in [0.25, 0.3) is 0 Å². The van der Waals surface area contributed by atoms with Crippen molar-refractivity contribution in [1.29, 1.82) is 0 Å². The molecular formula is C15H20O2. The lowest BCUT2D eigenvalue weighted by atomic mass is 9.94. The van der Waals surface area contributed by atoms with Crippen LogP contribution in [0, 0.1) is 0 Å². The average molecular weight is 232 g/mol. The summed E-state index contributed by atoms with van der Waals surface area (Å²) in [6, 6.07) is 8.41. The molecule has 92 valence electrons. The number of hydrogen-bond donors (Lipinski definition) is 0. The van der Waals surface area contributed by atoms with Crippen molar-refractivity contribution < 1.29 is 9.53 Å². The van der Waals surface area contributed by atoms with Crippen LogP contribution in [-0.4, -0.2) is 12.6 Å². The highest BCUT2D eigenvalue weighted by atomic mass is 16.5. The largest absolute Gasteiger partial charge is 0.466 e. The first kappa shape index (κ1) is 12.2. The number of benzene rings is 1. The molecule has 1 aliphatic rings. The summed E-state index contributed by atoms with van der Waals surface area (Å²) in [5.74, 6) is -0.311. The van der Waals surface area contributed by atoms with Gasteiger partial charge in [-0.1, -0.05) is 31.2 Å². The smallest absolute Gasteiger partial charge is 0.313 e. The monoisotopic (exact) mass is 232 g/mol. The average Bonchev–Trinajstić information content (AvgIpc) is 3.08. The molecule has 0 aromatic heterocycles. The van der Waals surface area contributed by atoms with E-state index in [0.717, 1.165) is 5.56 Å². The molecular weight excluding hydrogens is 212 g/mol. The Kier molecular flexibility index (Phi) is 3.23. The molecule has 17 heavy (non-hydrogen) atoms. The molecule has 0 spiro atoms. The molecule has 1 aromatic rings. The Balaban J connectivity index is 2.09. The molecule has 0 saturated heterocycles. The van der Waals surface area contributed by atoms with E-state index in [1.165, 1.54) is 18.4 Å². The topological polar surface area (TPSA) is 26.3 Å². The second kappa shape index (κ2) is 4.52. The minimum Gasteiger partial charge on any atom is -0.466 e. The highest BCUT2D eigenvalue weighted by Gasteiger charge is 2.38. The van der Waals surface area contributed by atoms with Crippen molar-refractivity contribution in [1.82, 2.24) is 0 Å². The Morgan fingerprint density at radius 1 is 1.35 bits per heavy atom. The van der Waals surface area contributed by atoms with E-state index in [9.17, 15) is 4.79 Å². The maximum absolute atomic E-state index is 11.6. The molecule has 1 fully saturated rings. The van der Waals surface area contributed by atoms with Gasteiger partial charge < -0.3 is 4.74 Å². The normalized spacial score (nSPS) is 18.5. The Bertz CT molecular complexity index is 401. The van der Waals surface area contributed by atoms with E-state index in [2.05, 4.69) is 31.2 Å². The zero-order valence-corrected chi connectivity index (χ0v) is 10.8. The molecule has 0 aliphatic heterocycles. The zero-order valence-electron chi connectivity index (χ0n) is 10.8. The van der Waals surface area contributed by atoms with Crippen LogP contribution in [0.1, 0.15) is 50.7 Å². The predicted molar refractivity (Wildman–Crippen MR) is 68.1 cm³/mol. The Labute approximate surface area is 103 Å². The Morgan fingerprint density at radius 3 is 2.41 bits per heavy atom. The first-order valence-corrected chi connectivity index (χ1v) is 6.34. The lowest BCUT2D eigenvalue weighted by Crippen LogP contribution is -2.13. The van der Waals surface area contributed by atoms with Gasteiger partial charge in [-0.3, -0.25) is 4.79 Å². The molecule has 1 atom stereocenters. The van der Waals surface area contributed by atoms with E-state index in [1.807, 2.05) is 13.8 Å². The fourth-order valence-corrected chi connectivity index (χ4v) is 2.05. The van der Waals surface area contributed by atoms with Gasteiger partial charge in [0.15, 0.2) is 0 Å². The minimum atomic E-state index is -0.170. The molecule has 1 aliphatic carbocycles. The van der Waals surface area contributed by atoms with Crippen molar-refractivity contribution in [2.24, 2.45) is 0 Å². The Morgan fingerprint density at radius 2 is 1.94 bits per heavy atom. The summed E-state index contributed by atoms with van der Waals surface area (Å²) >= 11 is 0. The molecule has 0 N–H and O–H groups in total. The van der Waals surface area contributed by atoms with Crippen LogP contribution in [0.2, 0.25) is 0 Å². The molecule has 1 saturated carbocycles. The van der Waals surface area contributed by atoms with Crippen molar-refractivity contribution in [2.45, 2.75) is 44.9 Å². The molecule has 0 radical (unpaired) electrons. The molecule has 2 rings (SSSR count). The number of carbonyl (C=O) groups excluding carboxylic acids is 1. The summed E-state index contributed by atoms with van der Waals surface area (Å²) in [6.45, 7) is 6.46. The third-order valence-electron chi connectivity index (χ3n) is 3.75. The second-order valence-electron chi connectivity index (χ2n) is 5.16. The molecule has 2 nitrogen and oxygen atoms in total. The van der Waals surface area contributed by atoms with Crippen molar-refractivity contribution in [3.05, 3.63) is 35.4 Å². The van der Waals surface area contributed by atoms with Gasteiger partial charge in [0.05, 0.1) is 12.5 Å². The van der Waals surface area contributed by atoms with Gasteiger partial charge in [-0.2, -0.15) is 0 Å². The summed E-state index contributed by atoms with van der Waals surface area (Å²) in [4.78, 5) is 11.6. The maximum atomic E-state index is 11.6. The van der Waals surface area contributed by atoms with E-state index in [1.54, 1.807) is 0 Å². The van der Waals surface area contributed by atoms with Crippen LogP contribution < -0.4 is 0 Å². The summed E-state index contributed by atoms with van der Waals surface area (Å²) in [7, 11) is 0. The molecule has 0 heterocycles. The molecule has 1 aromatic carbocycles. The van der Waals surface area contributed by atoms with Crippen molar-refractivity contribution in [3.8, 4) is 0 Å². The SMILES string of the molecule is CCOC(=O)C(C)c1ccc(C2(C)CC2)cc1. The molecule has 1 unspecified atom stereocenters. The fourth-order valence-electron chi connectivity index (χ4n) is 2.05. The first-order chi connectivity index (χ1) is 8.07. The highest BCUT2D eigenvalue weighted by Crippen LogP contribution is 2.47. The molecule has 0 bridgehead atoms. The van der Waals surface area contributed by atoms with Gasteiger partial charge in [0.1, 0.15) is 0 Å². The standard InChI is InChI=1S/C15H20O2/c1-4-17-14(16)11(2)12-5-7-13(8-6-12)15(3)9-10-15/h5-8,11H,4,9-10H2,1-3H3. The molecule has 2 heteroatoms. The van der Waals surface area contributed by atoms with Gasteiger partial charge in [0.25, 0.3) is 0 Å². The van der Waals surface area contributed by atoms with E-state index < -0.39 is 0 Å². The second-order valence-corrected chi connectivity index (χ2v) is 5.16. The summed E-state index contributed by atoms with van der Waals surface area (Å²) < 4.78 is 5.03. The predicted octanol–water partition coefficient (Wildman–Crippen LogP) is 3.40. The fraction of sp³-hybridized carbons (Fsp3) is 0.533. The quantitative estimate of drug-likeness (QED) is 0.744. The number of hydrogen-bond acceptors (Lipinski definition) is 2. The summed E-state index contributed by atoms with van der Waals surface area (Å²) in [5.41, 5.74) is 2.82. The minimum absolute atomic E-state index is 0.141. The van der Waals surface area contributed by atoms with Gasteiger partial charge in [-0.05, 0) is 43.2 Å². The lowest BCUT2D eigenvalue weighted by Gasteiger charge is -2.13. The van der Waals surface area contributed by atoms with Crippen LogP contribution in [0.15, 0.2) is 24.3 Å².